The molecular weight excluding hydrogens is 486 g/mol. The van der Waals surface area contributed by atoms with Crippen LogP contribution in [0.3, 0.4) is 0 Å². The molecule has 0 N–H and O–H groups in total. The van der Waals surface area contributed by atoms with Gasteiger partial charge in [-0.3, -0.25) is 0 Å². The highest BCUT2D eigenvalue weighted by Gasteiger charge is 2.26. The van der Waals surface area contributed by atoms with Crippen molar-refractivity contribution >= 4 is 33.6 Å². The maximum atomic E-state index is 9.04. The molecule has 4 rings (SSSR count). The van der Waals surface area contributed by atoms with Gasteiger partial charge in [-0.05, 0) is 62.5 Å². The van der Waals surface area contributed by atoms with E-state index in [0.717, 1.165) is 39.3 Å². The number of halogens is 1. The summed E-state index contributed by atoms with van der Waals surface area (Å²) in [6.45, 7) is 2.24. The summed E-state index contributed by atoms with van der Waals surface area (Å²) in [6.07, 6.45) is 2.93. The van der Waals surface area contributed by atoms with Crippen LogP contribution in [0.15, 0.2) is 69.0 Å². The molecule has 6 nitrogen and oxygen atoms in total. The molecule has 0 amide bonds. The van der Waals surface area contributed by atoms with Crippen LogP contribution in [0.5, 0.6) is 5.88 Å². The molecule has 0 bridgehead atoms. The highest BCUT2D eigenvalue weighted by Crippen LogP contribution is 2.35. The normalized spacial score (nSPS) is 15.7. The highest BCUT2D eigenvalue weighted by molar-refractivity contribution is 9.10. The van der Waals surface area contributed by atoms with E-state index >= 15 is 0 Å². The molecule has 3 aromatic rings. The van der Waals surface area contributed by atoms with Crippen LogP contribution >= 0.6 is 27.7 Å². The van der Waals surface area contributed by atoms with Gasteiger partial charge >= 0.3 is 0 Å². The van der Waals surface area contributed by atoms with Gasteiger partial charge in [-0.15, -0.1) is 0 Å². The molecule has 0 radical (unpaired) electrons. The number of aromatic nitrogens is 2. The summed E-state index contributed by atoms with van der Waals surface area (Å²) in [7, 11) is 4.22. The van der Waals surface area contributed by atoms with Crippen LogP contribution in [-0.2, 0) is 6.61 Å². The Morgan fingerprint density at radius 3 is 2.75 bits per heavy atom. The number of anilines is 1. The first-order chi connectivity index (χ1) is 15.5. The number of nitrogens with zero attached hydrogens (tertiary/aromatic N) is 5. The molecule has 1 aliphatic heterocycles. The molecule has 2 aromatic carbocycles. The van der Waals surface area contributed by atoms with E-state index in [-0.39, 0.29) is 0 Å². The van der Waals surface area contributed by atoms with E-state index in [1.165, 1.54) is 11.8 Å². The largest absolute Gasteiger partial charge is 0.472 e. The fourth-order valence-electron chi connectivity index (χ4n) is 3.52. The maximum Gasteiger partial charge on any atom is 0.232 e. The van der Waals surface area contributed by atoms with Crippen molar-refractivity contribution in [2.75, 3.05) is 32.1 Å². The minimum absolute atomic E-state index is 0.414. The molecule has 1 fully saturated rings. The van der Waals surface area contributed by atoms with Crippen molar-refractivity contribution in [3.05, 3.63) is 70.3 Å². The summed E-state index contributed by atoms with van der Waals surface area (Å²) in [5.74, 6) is 1.26. The predicted molar refractivity (Wildman–Crippen MR) is 130 cm³/mol. The second kappa shape index (κ2) is 10.3. The number of benzene rings is 2. The third-order valence-electron chi connectivity index (χ3n) is 5.36. The Balaban J connectivity index is 1.58. The Morgan fingerprint density at radius 2 is 2.06 bits per heavy atom. The molecular formula is C24H24BrN5OS. The molecule has 0 aliphatic carbocycles. The Morgan fingerprint density at radius 1 is 1.25 bits per heavy atom. The Labute approximate surface area is 201 Å². The van der Waals surface area contributed by atoms with Crippen LogP contribution < -0.4 is 9.64 Å². The van der Waals surface area contributed by atoms with E-state index in [4.69, 9.17) is 15.0 Å². The van der Waals surface area contributed by atoms with Crippen LogP contribution in [0, 0.1) is 11.3 Å². The Kier molecular flexibility index (Phi) is 7.30. The molecule has 1 aromatic heterocycles. The van der Waals surface area contributed by atoms with Gasteiger partial charge in [0.25, 0.3) is 0 Å². The molecule has 164 valence electrons. The van der Waals surface area contributed by atoms with E-state index in [1.807, 2.05) is 54.7 Å². The number of ether oxygens (including phenoxy) is 1. The van der Waals surface area contributed by atoms with Gasteiger partial charge in [0, 0.05) is 28.5 Å². The molecule has 1 unspecified atom stereocenters. The number of nitriles is 1. The maximum absolute atomic E-state index is 9.04. The first-order valence-corrected chi connectivity index (χ1v) is 12.0. The van der Waals surface area contributed by atoms with Crippen molar-refractivity contribution in [2.45, 2.75) is 28.9 Å². The molecule has 1 saturated heterocycles. The van der Waals surface area contributed by atoms with Crippen molar-refractivity contribution in [2.24, 2.45) is 0 Å². The van der Waals surface area contributed by atoms with Gasteiger partial charge in [-0.2, -0.15) is 10.2 Å². The molecule has 32 heavy (non-hydrogen) atoms. The SMILES string of the molecule is CN(C)C1CCN(c2ncc(Sc3ccc(C#N)cc3)c(OCc3cccc(Br)c3)n2)C1. The monoisotopic (exact) mass is 509 g/mol. The van der Waals surface area contributed by atoms with Crippen molar-refractivity contribution in [3.63, 3.8) is 0 Å². The van der Waals surface area contributed by atoms with Crippen LogP contribution in [0.25, 0.3) is 0 Å². The van der Waals surface area contributed by atoms with E-state index in [2.05, 4.69) is 50.9 Å². The van der Waals surface area contributed by atoms with E-state index in [1.54, 1.807) is 0 Å². The fraction of sp³-hybridized carbons (Fsp3) is 0.292. The Bertz CT molecular complexity index is 1120. The third-order valence-corrected chi connectivity index (χ3v) is 6.86. The summed E-state index contributed by atoms with van der Waals surface area (Å²) in [5.41, 5.74) is 1.69. The molecule has 8 heteroatoms. The summed E-state index contributed by atoms with van der Waals surface area (Å²) >= 11 is 5.05. The Hall–Kier alpha value is -2.60. The van der Waals surface area contributed by atoms with E-state index in [9.17, 15) is 0 Å². The van der Waals surface area contributed by atoms with Crippen molar-refractivity contribution < 1.29 is 4.74 Å². The molecule has 2 heterocycles. The number of hydrogen-bond acceptors (Lipinski definition) is 7. The smallest absolute Gasteiger partial charge is 0.232 e. The topological polar surface area (TPSA) is 65.3 Å². The van der Waals surface area contributed by atoms with Crippen molar-refractivity contribution in [3.8, 4) is 11.9 Å². The van der Waals surface area contributed by atoms with Crippen molar-refractivity contribution in [1.82, 2.24) is 14.9 Å². The predicted octanol–water partition coefficient (Wildman–Crippen LogP) is 4.98. The third kappa shape index (κ3) is 5.60. The highest BCUT2D eigenvalue weighted by atomic mass is 79.9. The average Bonchev–Trinajstić information content (AvgIpc) is 3.30. The summed E-state index contributed by atoms with van der Waals surface area (Å²) in [5, 5.41) is 9.04. The zero-order valence-corrected chi connectivity index (χ0v) is 20.4. The standard InChI is InChI=1S/C24H24BrN5OS/c1-29(2)20-10-11-30(15-20)24-27-14-22(32-21-8-6-17(13-26)7-9-21)23(28-24)31-16-18-4-3-5-19(25)12-18/h3-9,12,14,20H,10-11,15-16H2,1-2H3. The van der Waals surface area contributed by atoms with Gasteiger partial charge in [0.1, 0.15) is 6.61 Å². The average molecular weight is 510 g/mol. The zero-order chi connectivity index (χ0) is 22.5. The van der Waals surface area contributed by atoms with Crippen LogP contribution in [0.2, 0.25) is 0 Å². The van der Waals surface area contributed by atoms with Crippen LogP contribution in [0.4, 0.5) is 5.95 Å². The molecule has 0 saturated carbocycles. The first-order valence-electron chi connectivity index (χ1n) is 10.4. The van der Waals surface area contributed by atoms with Gasteiger partial charge in [0.05, 0.1) is 22.7 Å². The quantitative estimate of drug-likeness (QED) is 0.444. The zero-order valence-electron chi connectivity index (χ0n) is 18.0. The number of hydrogen-bond donors (Lipinski definition) is 0. The first kappa shape index (κ1) is 22.6. The van der Waals surface area contributed by atoms with Crippen molar-refractivity contribution in [1.29, 1.82) is 5.26 Å². The van der Waals surface area contributed by atoms with E-state index in [0.29, 0.717) is 30.0 Å². The lowest BCUT2D eigenvalue weighted by molar-refractivity contribution is 0.285. The van der Waals surface area contributed by atoms with Crippen LogP contribution in [-0.4, -0.2) is 48.1 Å². The lowest BCUT2D eigenvalue weighted by Crippen LogP contribution is -2.32. The number of likely N-dealkylation sites (N-methyl/N-ethyl adjacent to an activating group) is 1. The molecule has 1 atom stereocenters. The lowest BCUT2D eigenvalue weighted by Gasteiger charge is -2.21. The van der Waals surface area contributed by atoms with Gasteiger partial charge in [0.2, 0.25) is 11.8 Å². The number of rotatable bonds is 7. The minimum atomic E-state index is 0.414. The van der Waals surface area contributed by atoms with Crippen LogP contribution in [0.1, 0.15) is 17.5 Å². The minimum Gasteiger partial charge on any atom is -0.472 e. The second-order valence-corrected chi connectivity index (χ2v) is 9.88. The fourth-order valence-corrected chi connectivity index (χ4v) is 4.79. The summed E-state index contributed by atoms with van der Waals surface area (Å²) in [6, 6.07) is 18.2. The van der Waals surface area contributed by atoms with Gasteiger partial charge < -0.3 is 14.5 Å². The summed E-state index contributed by atoms with van der Waals surface area (Å²) < 4.78 is 7.20. The summed E-state index contributed by atoms with van der Waals surface area (Å²) in [4.78, 5) is 15.8. The van der Waals surface area contributed by atoms with Gasteiger partial charge in [-0.1, -0.05) is 39.8 Å². The lowest BCUT2D eigenvalue weighted by atomic mass is 10.2. The van der Waals surface area contributed by atoms with E-state index < -0.39 is 0 Å². The molecule has 1 aliphatic rings. The van der Waals surface area contributed by atoms with Gasteiger partial charge in [-0.25, -0.2) is 4.98 Å². The second-order valence-electron chi connectivity index (χ2n) is 7.85. The molecule has 0 spiro atoms. The van der Waals surface area contributed by atoms with Gasteiger partial charge in [0.15, 0.2) is 0 Å².